The van der Waals surface area contributed by atoms with Crippen LogP contribution in [0.15, 0.2) is 73.1 Å². The minimum absolute atomic E-state index is 0.0644. The molecule has 6 heteroatoms. The van der Waals surface area contributed by atoms with Gasteiger partial charge in [-0.3, -0.25) is 0 Å². The molecular weight excluding hydrogens is 340 g/mol. The average molecular weight is 358 g/mol. The third-order valence-corrected chi connectivity index (χ3v) is 4.27. The van der Waals surface area contributed by atoms with E-state index in [1.54, 1.807) is 30.3 Å². The van der Waals surface area contributed by atoms with E-state index in [4.69, 9.17) is 4.74 Å². The fourth-order valence-corrected chi connectivity index (χ4v) is 2.85. The monoisotopic (exact) mass is 358 g/mol. The maximum Gasteiger partial charge on any atom is 0.344 e. The van der Waals surface area contributed by atoms with Crippen molar-refractivity contribution in [3.63, 3.8) is 0 Å². The lowest BCUT2D eigenvalue weighted by molar-refractivity contribution is 0.0729. The molecule has 0 saturated carbocycles. The van der Waals surface area contributed by atoms with Gasteiger partial charge in [0, 0.05) is 12.1 Å². The Morgan fingerprint density at radius 2 is 1.74 bits per heavy atom. The molecule has 0 saturated heterocycles. The summed E-state index contributed by atoms with van der Waals surface area (Å²) in [4.78, 5) is 23.8. The van der Waals surface area contributed by atoms with E-state index >= 15 is 0 Å². The molecule has 6 nitrogen and oxygen atoms in total. The highest BCUT2D eigenvalue weighted by Crippen LogP contribution is 2.27. The molecule has 0 aliphatic carbocycles. The zero-order chi connectivity index (χ0) is 18.6. The van der Waals surface area contributed by atoms with Gasteiger partial charge in [-0.05, 0) is 24.6 Å². The Labute approximate surface area is 156 Å². The first-order valence-electron chi connectivity index (χ1n) is 8.63. The average Bonchev–Trinajstić information content (AvgIpc) is 3.13. The quantitative estimate of drug-likeness (QED) is 0.519. The number of carbonyl (C=O) groups excluding carboxylic acids is 1. The molecule has 1 atom stereocenters. The predicted octanol–water partition coefficient (Wildman–Crippen LogP) is 4.35. The van der Waals surface area contributed by atoms with E-state index in [0.29, 0.717) is 22.9 Å². The molecule has 0 amide bonds. The Hall–Kier alpha value is -3.67. The first kappa shape index (κ1) is 16.8. The fourth-order valence-electron chi connectivity index (χ4n) is 2.85. The lowest BCUT2D eigenvalue weighted by atomic mass is 10.1. The highest BCUT2D eigenvalue weighted by atomic mass is 16.5. The number of fused-ring (bicyclic) bond motifs is 1. The molecule has 0 aliphatic rings. The minimum Gasteiger partial charge on any atom is -0.406 e. The maximum atomic E-state index is 12.2. The molecule has 0 unspecified atom stereocenters. The normalized spacial score (nSPS) is 11.9. The van der Waals surface area contributed by atoms with E-state index in [2.05, 4.69) is 39.3 Å². The molecule has 0 bridgehead atoms. The summed E-state index contributed by atoms with van der Waals surface area (Å²) in [5.41, 5.74) is 2.23. The molecule has 0 spiro atoms. The molecular formula is C21H18N4O2. The van der Waals surface area contributed by atoms with Crippen molar-refractivity contribution in [1.82, 2.24) is 15.0 Å². The lowest BCUT2D eigenvalue weighted by Gasteiger charge is -2.15. The SMILES string of the molecule is C[C@@H](Nc1ncnc2[nH]c(OC(=O)c3ccccc3)cc12)c1ccccc1. The maximum absolute atomic E-state index is 12.2. The van der Waals surface area contributed by atoms with E-state index in [0.717, 1.165) is 10.9 Å². The van der Waals surface area contributed by atoms with Crippen LogP contribution in [-0.4, -0.2) is 20.9 Å². The summed E-state index contributed by atoms with van der Waals surface area (Å²) in [6.07, 6.45) is 1.47. The van der Waals surface area contributed by atoms with Crippen molar-refractivity contribution in [3.05, 3.63) is 84.2 Å². The Kier molecular flexibility index (Phi) is 4.53. The summed E-state index contributed by atoms with van der Waals surface area (Å²) in [7, 11) is 0. The van der Waals surface area contributed by atoms with Gasteiger partial charge in [0.1, 0.15) is 17.8 Å². The van der Waals surface area contributed by atoms with Crippen molar-refractivity contribution in [2.24, 2.45) is 0 Å². The third kappa shape index (κ3) is 3.64. The van der Waals surface area contributed by atoms with Crippen molar-refractivity contribution < 1.29 is 9.53 Å². The second kappa shape index (κ2) is 7.29. The smallest absolute Gasteiger partial charge is 0.344 e. The van der Waals surface area contributed by atoms with E-state index in [-0.39, 0.29) is 6.04 Å². The van der Waals surface area contributed by atoms with Crippen LogP contribution in [0.1, 0.15) is 28.9 Å². The third-order valence-electron chi connectivity index (χ3n) is 4.27. The van der Waals surface area contributed by atoms with Crippen molar-refractivity contribution in [1.29, 1.82) is 0 Å². The Balaban J connectivity index is 1.58. The topological polar surface area (TPSA) is 79.9 Å². The van der Waals surface area contributed by atoms with E-state index in [1.165, 1.54) is 6.33 Å². The van der Waals surface area contributed by atoms with E-state index < -0.39 is 5.97 Å². The minimum atomic E-state index is -0.428. The van der Waals surface area contributed by atoms with Gasteiger partial charge in [0.2, 0.25) is 5.88 Å². The van der Waals surface area contributed by atoms with Crippen LogP contribution in [0.4, 0.5) is 5.82 Å². The van der Waals surface area contributed by atoms with E-state index in [1.807, 2.05) is 24.3 Å². The van der Waals surface area contributed by atoms with Gasteiger partial charge < -0.3 is 15.0 Å². The van der Waals surface area contributed by atoms with Gasteiger partial charge in [0.15, 0.2) is 0 Å². The van der Waals surface area contributed by atoms with Crippen LogP contribution in [0.5, 0.6) is 5.88 Å². The number of aromatic amines is 1. The molecule has 4 aromatic rings. The number of ether oxygens (including phenoxy) is 1. The Morgan fingerprint density at radius 3 is 2.48 bits per heavy atom. The van der Waals surface area contributed by atoms with Crippen molar-refractivity contribution >= 4 is 22.8 Å². The first-order chi connectivity index (χ1) is 13.2. The number of aromatic nitrogens is 3. The van der Waals surface area contributed by atoms with Crippen molar-refractivity contribution in [2.75, 3.05) is 5.32 Å². The number of benzene rings is 2. The molecule has 27 heavy (non-hydrogen) atoms. The molecule has 2 N–H and O–H groups in total. The van der Waals surface area contributed by atoms with Gasteiger partial charge in [-0.25, -0.2) is 14.8 Å². The summed E-state index contributed by atoms with van der Waals surface area (Å²) in [5, 5.41) is 4.15. The van der Waals surface area contributed by atoms with Crippen LogP contribution < -0.4 is 10.1 Å². The van der Waals surface area contributed by atoms with Crippen molar-refractivity contribution in [3.8, 4) is 5.88 Å². The van der Waals surface area contributed by atoms with Crippen LogP contribution in [0.2, 0.25) is 0 Å². The molecule has 4 rings (SSSR count). The van der Waals surface area contributed by atoms with Crippen LogP contribution in [0.3, 0.4) is 0 Å². The summed E-state index contributed by atoms with van der Waals surface area (Å²) >= 11 is 0. The second-order valence-corrected chi connectivity index (χ2v) is 6.15. The summed E-state index contributed by atoms with van der Waals surface area (Å²) in [6.45, 7) is 2.06. The number of anilines is 1. The van der Waals surface area contributed by atoms with Gasteiger partial charge in [-0.1, -0.05) is 48.5 Å². The summed E-state index contributed by atoms with van der Waals surface area (Å²) < 4.78 is 5.44. The molecule has 0 radical (unpaired) electrons. The van der Waals surface area contributed by atoms with Crippen LogP contribution >= 0.6 is 0 Å². The van der Waals surface area contributed by atoms with Gasteiger partial charge in [0.05, 0.1) is 10.9 Å². The van der Waals surface area contributed by atoms with Crippen LogP contribution in [-0.2, 0) is 0 Å². The van der Waals surface area contributed by atoms with Gasteiger partial charge in [-0.15, -0.1) is 0 Å². The number of esters is 1. The van der Waals surface area contributed by atoms with Crippen LogP contribution in [0, 0.1) is 0 Å². The zero-order valence-corrected chi connectivity index (χ0v) is 14.7. The van der Waals surface area contributed by atoms with Gasteiger partial charge in [-0.2, -0.15) is 0 Å². The number of H-pyrrole nitrogens is 1. The highest BCUT2D eigenvalue weighted by molar-refractivity contribution is 5.93. The fraction of sp³-hybridized carbons (Fsp3) is 0.0952. The highest BCUT2D eigenvalue weighted by Gasteiger charge is 2.14. The number of rotatable bonds is 5. The van der Waals surface area contributed by atoms with E-state index in [9.17, 15) is 4.79 Å². The summed E-state index contributed by atoms with van der Waals surface area (Å²) in [5.74, 6) is 0.576. The lowest BCUT2D eigenvalue weighted by Crippen LogP contribution is -2.08. The number of hydrogen-bond acceptors (Lipinski definition) is 5. The molecule has 134 valence electrons. The number of hydrogen-bond donors (Lipinski definition) is 2. The Bertz CT molecular complexity index is 1060. The van der Waals surface area contributed by atoms with Crippen molar-refractivity contribution in [2.45, 2.75) is 13.0 Å². The molecule has 2 heterocycles. The molecule has 0 aliphatic heterocycles. The molecule has 0 fully saturated rings. The zero-order valence-electron chi connectivity index (χ0n) is 14.7. The van der Waals surface area contributed by atoms with Gasteiger partial charge in [0.25, 0.3) is 0 Å². The Morgan fingerprint density at radius 1 is 1.04 bits per heavy atom. The first-order valence-corrected chi connectivity index (χ1v) is 8.63. The number of nitrogens with one attached hydrogen (secondary N) is 2. The number of nitrogens with zero attached hydrogens (tertiary/aromatic N) is 2. The van der Waals surface area contributed by atoms with Crippen LogP contribution in [0.25, 0.3) is 11.0 Å². The second-order valence-electron chi connectivity index (χ2n) is 6.15. The van der Waals surface area contributed by atoms with Gasteiger partial charge >= 0.3 is 5.97 Å². The largest absolute Gasteiger partial charge is 0.406 e. The standard InChI is InChI=1S/C21H18N4O2/c1-14(15-8-4-2-5-9-15)24-19-17-12-18(25-20(17)23-13-22-19)27-21(26)16-10-6-3-7-11-16/h2-14H,1H3,(H2,22,23,24,25)/t14-/m1/s1. The summed E-state index contributed by atoms with van der Waals surface area (Å²) in [6, 6.07) is 20.7. The number of carbonyl (C=O) groups is 1. The molecule has 2 aromatic heterocycles. The molecule has 2 aromatic carbocycles. The predicted molar refractivity (Wildman–Crippen MR) is 104 cm³/mol.